The molecule has 0 heterocycles. The minimum atomic E-state index is -0.521. The van der Waals surface area contributed by atoms with Crippen molar-refractivity contribution >= 4 is 6.09 Å². The molecular weight excluding hydrogens is 180 g/mol. The van der Waals surface area contributed by atoms with Crippen LogP contribution in [0.25, 0.3) is 0 Å². The van der Waals surface area contributed by atoms with Crippen molar-refractivity contribution in [1.29, 1.82) is 0 Å². The first-order valence-electron chi connectivity index (χ1n) is 4.04. The molecule has 0 aromatic heterocycles. The summed E-state index contributed by atoms with van der Waals surface area (Å²) in [5, 5.41) is 0.908. The highest BCUT2D eigenvalue weighted by molar-refractivity contribution is 5.66. The van der Waals surface area contributed by atoms with Crippen molar-refractivity contribution in [2.75, 3.05) is 7.05 Å². The lowest BCUT2D eigenvalue weighted by Gasteiger charge is -2.21. The molecule has 0 saturated carbocycles. The van der Waals surface area contributed by atoms with Crippen molar-refractivity contribution in [3.8, 4) is 0 Å². The third-order valence-electron chi connectivity index (χ3n) is 0.681. The minimum absolute atomic E-state index is 0.468. The molecule has 0 fully saturated rings. The fourth-order valence-electron chi connectivity index (χ4n) is 0.334. The molecule has 1 amide bonds. The van der Waals surface area contributed by atoms with Gasteiger partial charge in [0.1, 0.15) is 5.60 Å². The van der Waals surface area contributed by atoms with Gasteiger partial charge in [-0.25, -0.2) is 15.6 Å². The zero-order valence-electron chi connectivity index (χ0n) is 9.67. The second-order valence-electron chi connectivity index (χ2n) is 3.09. The number of nitrogens with zero attached hydrogens (tertiary/aromatic N) is 1. The zero-order chi connectivity index (χ0) is 12.4. The Morgan fingerprint density at radius 1 is 1.21 bits per heavy atom. The Balaban J connectivity index is -0.000000266. The van der Waals surface area contributed by atoms with Crippen molar-refractivity contribution < 1.29 is 9.53 Å². The lowest BCUT2D eigenvalue weighted by Crippen LogP contribution is -2.38. The van der Waals surface area contributed by atoms with E-state index in [1.807, 2.05) is 0 Å². The Hall–Kier alpha value is -1.29. The van der Waals surface area contributed by atoms with E-state index in [9.17, 15) is 4.79 Å². The van der Waals surface area contributed by atoms with Gasteiger partial charge in [0.05, 0.1) is 0 Å². The fourth-order valence-corrected chi connectivity index (χ4v) is 0.334. The topological polar surface area (TPSA) is 55.6 Å². The van der Waals surface area contributed by atoms with E-state index in [4.69, 9.17) is 10.6 Å². The molecule has 0 aromatic carbocycles. The molecular formula is C10H22N2O2. The number of amides is 1. The molecule has 0 rings (SSSR count). The third-order valence-corrected chi connectivity index (χ3v) is 0.681. The maximum Gasteiger partial charge on any atom is 0.424 e. The molecule has 0 aromatic rings. The Labute approximate surface area is 87.0 Å². The molecule has 0 bridgehead atoms. The number of carbonyl (C=O) groups is 1. The number of hydrogen-bond donors (Lipinski definition) is 1. The number of rotatable bonds is 0. The Morgan fingerprint density at radius 3 is 1.57 bits per heavy atom. The zero-order valence-corrected chi connectivity index (χ0v) is 9.67. The molecule has 14 heavy (non-hydrogen) atoms. The number of ether oxygens (including phenoxy) is 1. The van der Waals surface area contributed by atoms with E-state index in [0.29, 0.717) is 0 Å². The predicted octanol–water partition coefficient (Wildman–Crippen LogP) is 2.33. The Bertz CT molecular complexity index is 149. The largest absolute Gasteiger partial charge is 0.443 e. The van der Waals surface area contributed by atoms with Gasteiger partial charge in [-0.15, -0.1) is 26.3 Å². The van der Waals surface area contributed by atoms with Gasteiger partial charge in [0.25, 0.3) is 0 Å². The first-order valence-corrected chi connectivity index (χ1v) is 4.04. The molecule has 0 aliphatic carbocycles. The summed E-state index contributed by atoms with van der Waals surface area (Å²) in [7, 11) is 1.44. The molecule has 0 spiro atoms. The second-order valence-corrected chi connectivity index (χ2v) is 3.09. The molecule has 0 radical (unpaired) electrons. The summed E-state index contributed by atoms with van der Waals surface area (Å²) < 4.78 is 4.86. The van der Waals surface area contributed by atoms with Crippen LogP contribution in [-0.2, 0) is 4.74 Å². The van der Waals surface area contributed by atoms with Crippen molar-refractivity contribution in [2.45, 2.75) is 26.4 Å². The van der Waals surface area contributed by atoms with Gasteiger partial charge in [0, 0.05) is 7.05 Å². The number of hydrogen-bond acceptors (Lipinski definition) is 3. The summed E-state index contributed by atoms with van der Waals surface area (Å²) in [6.07, 6.45) is -0.521. The summed E-state index contributed by atoms with van der Waals surface area (Å²) in [5.74, 6) is 5.10. The highest BCUT2D eigenvalue weighted by Gasteiger charge is 2.17. The molecule has 0 unspecified atom stereocenters. The third kappa shape index (κ3) is 17.0. The van der Waals surface area contributed by atoms with Gasteiger partial charge >= 0.3 is 6.09 Å². The molecule has 0 saturated heterocycles. The van der Waals surface area contributed by atoms with E-state index >= 15 is 0 Å². The van der Waals surface area contributed by atoms with Gasteiger partial charge in [0.15, 0.2) is 0 Å². The lowest BCUT2D eigenvalue weighted by atomic mass is 10.2. The van der Waals surface area contributed by atoms with Crippen LogP contribution in [-0.4, -0.2) is 23.8 Å². The minimum Gasteiger partial charge on any atom is -0.443 e. The predicted molar refractivity (Wildman–Crippen MR) is 60.7 cm³/mol. The van der Waals surface area contributed by atoms with Crippen LogP contribution in [0, 0.1) is 0 Å². The van der Waals surface area contributed by atoms with Crippen LogP contribution in [0.5, 0.6) is 0 Å². The van der Waals surface area contributed by atoms with Crippen LogP contribution in [0.15, 0.2) is 26.3 Å². The summed E-state index contributed by atoms with van der Waals surface area (Å²) in [6.45, 7) is 17.4. The molecule has 0 aliphatic rings. The van der Waals surface area contributed by atoms with Crippen molar-refractivity contribution in [3.63, 3.8) is 0 Å². The van der Waals surface area contributed by atoms with Crippen molar-refractivity contribution in [1.82, 2.24) is 5.01 Å². The number of nitrogens with two attached hydrogens (primary N) is 1. The van der Waals surface area contributed by atoms with Crippen molar-refractivity contribution in [3.05, 3.63) is 26.3 Å². The Kier molecular flexibility index (Phi) is 12.9. The number of hydrazine groups is 1. The van der Waals surface area contributed by atoms with Crippen LogP contribution >= 0.6 is 0 Å². The smallest absolute Gasteiger partial charge is 0.424 e. The quantitative estimate of drug-likeness (QED) is 0.284. The van der Waals surface area contributed by atoms with Crippen LogP contribution in [0.2, 0.25) is 0 Å². The highest BCUT2D eigenvalue weighted by atomic mass is 16.6. The lowest BCUT2D eigenvalue weighted by molar-refractivity contribution is 0.0297. The SMILES string of the molecule is C=C.C=C.CN(N)C(=O)OC(C)(C)C. The van der Waals surface area contributed by atoms with E-state index in [2.05, 4.69) is 26.3 Å². The average Bonchev–Trinajstić information content (AvgIpc) is 2.08. The van der Waals surface area contributed by atoms with Gasteiger partial charge in [-0.2, -0.15) is 0 Å². The van der Waals surface area contributed by atoms with Crippen molar-refractivity contribution in [2.24, 2.45) is 5.84 Å². The van der Waals surface area contributed by atoms with Gasteiger partial charge in [0.2, 0.25) is 0 Å². The molecule has 4 nitrogen and oxygen atoms in total. The maximum atomic E-state index is 10.7. The van der Waals surface area contributed by atoms with Gasteiger partial charge in [-0.05, 0) is 20.8 Å². The highest BCUT2D eigenvalue weighted by Crippen LogP contribution is 2.07. The van der Waals surface area contributed by atoms with E-state index in [1.54, 1.807) is 20.8 Å². The average molecular weight is 202 g/mol. The summed E-state index contributed by atoms with van der Waals surface area (Å²) in [6, 6.07) is 0. The molecule has 84 valence electrons. The standard InChI is InChI=1S/C6H14N2O2.2C2H4/c1-6(2,3)10-5(9)8(4)7;2*1-2/h7H2,1-4H3;2*1-2H2. The maximum absolute atomic E-state index is 10.7. The van der Waals surface area contributed by atoms with Gasteiger partial charge in [-0.1, -0.05) is 0 Å². The summed E-state index contributed by atoms with van der Waals surface area (Å²) in [4.78, 5) is 10.7. The van der Waals surface area contributed by atoms with Gasteiger partial charge in [-0.3, -0.25) is 0 Å². The molecule has 2 N–H and O–H groups in total. The normalized spacial score (nSPS) is 8.36. The van der Waals surface area contributed by atoms with Crippen LogP contribution < -0.4 is 5.84 Å². The summed E-state index contributed by atoms with van der Waals surface area (Å²) in [5.41, 5.74) is -0.468. The molecule has 0 atom stereocenters. The van der Waals surface area contributed by atoms with Crippen LogP contribution in [0.3, 0.4) is 0 Å². The second kappa shape index (κ2) is 9.80. The Morgan fingerprint density at radius 2 is 1.50 bits per heavy atom. The number of carbonyl (C=O) groups excluding carboxylic acids is 1. The van der Waals surface area contributed by atoms with Gasteiger partial charge < -0.3 is 4.74 Å². The first-order chi connectivity index (χ1) is 6.33. The van der Waals surface area contributed by atoms with Crippen LogP contribution in [0.4, 0.5) is 4.79 Å². The molecule has 4 heteroatoms. The molecule has 0 aliphatic heterocycles. The summed E-state index contributed by atoms with van der Waals surface area (Å²) >= 11 is 0. The fraction of sp³-hybridized carbons (Fsp3) is 0.500. The van der Waals surface area contributed by atoms with Crippen LogP contribution in [0.1, 0.15) is 20.8 Å². The van der Waals surface area contributed by atoms with E-state index in [1.165, 1.54) is 7.05 Å². The van der Waals surface area contributed by atoms with E-state index < -0.39 is 11.7 Å². The first kappa shape index (κ1) is 18.5. The van der Waals surface area contributed by atoms with E-state index in [-0.39, 0.29) is 0 Å². The van der Waals surface area contributed by atoms with E-state index in [0.717, 1.165) is 5.01 Å². The monoisotopic (exact) mass is 202 g/mol.